The van der Waals surface area contributed by atoms with Crippen LogP contribution in [-0.2, 0) is 6.42 Å². The monoisotopic (exact) mass is 742 g/mol. The van der Waals surface area contributed by atoms with Crippen LogP contribution in [0.25, 0.3) is 104 Å². The van der Waals surface area contributed by atoms with E-state index in [4.69, 9.17) is 4.98 Å². The van der Waals surface area contributed by atoms with E-state index in [0.717, 1.165) is 34.5 Å². The van der Waals surface area contributed by atoms with Crippen LogP contribution in [0.5, 0.6) is 0 Å². The van der Waals surface area contributed by atoms with Crippen molar-refractivity contribution in [3.8, 4) is 39.3 Å². The molecule has 0 aliphatic heterocycles. The summed E-state index contributed by atoms with van der Waals surface area (Å²) in [4.78, 5) is 5.32. The van der Waals surface area contributed by atoms with E-state index < -0.39 is 0 Å². The van der Waals surface area contributed by atoms with Crippen LogP contribution in [0.2, 0.25) is 0 Å². The third-order valence-corrected chi connectivity index (χ3v) is 12.4. The second kappa shape index (κ2) is 13.9. The summed E-state index contributed by atoms with van der Waals surface area (Å²) in [5.74, 6) is 1.59. The fraction of sp³-hybridized carbons (Fsp3) is 0.0893. The van der Waals surface area contributed by atoms with Crippen LogP contribution < -0.4 is 0 Å². The van der Waals surface area contributed by atoms with E-state index in [1.165, 1.54) is 88.1 Å². The highest BCUT2D eigenvalue weighted by atomic mass is 15.1. The van der Waals surface area contributed by atoms with Crippen molar-refractivity contribution >= 4 is 64.9 Å². The van der Waals surface area contributed by atoms with Crippen molar-refractivity contribution in [3.63, 3.8) is 0 Å². The summed E-state index contributed by atoms with van der Waals surface area (Å²) in [7, 11) is 0. The molecule has 0 amide bonds. The van der Waals surface area contributed by atoms with E-state index in [1.807, 2.05) is 0 Å². The molecule has 1 heterocycles. The molecule has 11 aromatic rings. The molecule has 0 saturated carbocycles. The van der Waals surface area contributed by atoms with Crippen LogP contribution in [0.15, 0.2) is 188 Å². The number of imidazole rings is 1. The van der Waals surface area contributed by atoms with Crippen LogP contribution in [0.3, 0.4) is 0 Å². The lowest BCUT2D eigenvalue weighted by Gasteiger charge is -2.18. The maximum atomic E-state index is 5.32. The van der Waals surface area contributed by atoms with Crippen LogP contribution >= 0.6 is 0 Å². The molecule has 276 valence electrons. The van der Waals surface area contributed by atoms with Gasteiger partial charge in [0.15, 0.2) is 0 Å². The molecule has 2 heteroatoms. The molecule has 58 heavy (non-hydrogen) atoms. The van der Waals surface area contributed by atoms with Gasteiger partial charge in [-0.15, -0.1) is 0 Å². The van der Waals surface area contributed by atoms with Crippen LogP contribution in [0, 0.1) is 5.92 Å². The van der Waals surface area contributed by atoms with Crippen LogP contribution in [-0.4, -0.2) is 9.55 Å². The topological polar surface area (TPSA) is 17.8 Å². The van der Waals surface area contributed by atoms with Crippen molar-refractivity contribution in [2.24, 2.45) is 5.92 Å². The Balaban J connectivity index is 1.08. The molecular formula is C56H42N2. The third-order valence-electron chi connectivity index (χ3n) is 12.4. The molecule has 11 rings (SSSR count). The fourth-order valence-electron chi connectivity index (χ4n) is 9.35. The van der Waals surface area contributed by atoms with Gasteiger partial charge in [0.2, 0.25) is 0 Å². The first-order valence-corrected chi connectivity index (χ1v) is 20.6. The van der Waals surface area contributed by atoms with Crippen molar-refractivity contribution in [1.29, 1.82) is 0 Å². The van der Waals surface area contributed by atoms with Gasteiger partial charge < -0.3 is 0 Å². The van der Waals surface area contributed by atoms with Crippen molar-refractivity contribution in [2.45, 2.75) is 26.7 Å². The lowest BCUT2D eigenvalue weighted by molar-refractivity contribution is 0.560. The highest BCUT2D eigenvalue weighted by Crippen LogP contribution is 2.45. The summed E-state index contributed by atoms with van der Waals surface area (Å²) in [5.41, 5.74) is 10.7. The summed E-state index contributed by atoms with van der Waals surface area (Å²) >= 11 is 0. The zero-order valence-corrected chi connectivity index (χ0v) is 32.8. The Kier molecular flexibility index (Phi) is 8.18. The number of para-hydroxylation sites is 1. The molecule has 0 fully saturated rings. The smallest absolute Gasteiger partial charge is 0.145 e. The van der Waals surface area contributed by atoms with Crippen molar-refractivity contribution in [1.82, 2.24) is 9.55 Å². The van der Waals surface area contributed by atoms with Gasteiger partial charge in [-0.25, -0.2) is 4.98 Å². The molecule has 1 atom stereocenters. The number of hydrogen-bond donors (Lipinski definition) is 0. The number of benzene rings is 10. The van der Waals surface area contributed by atoms with Gasteiger partial charge in [0.25, 0.3) is 0 Å². The van der Waals surface area contributed by atoms with Gasteiger partial charge >= 0.3 is 0 Å². The molecule has 0 bridgehead atoms. The molecule has 0 spiro atoms. The minimum absolute atomic E-state index is 0.635. The minimum atomic E-state index is 0.635. The maximum Gasteiger partial charge on any atom is 0.145 e. The Morgan fingerprint density at radius 2 is 1.00 bits per heavy atom. The first-order chi connectivity index (χ1) is 28.6. The van der Waals surface area contributed by atoms with Crippen molar-refractivity contribution in [3.05, 3.63) is 194 Å². The summed E-state index contributed by atoms with van der Waals surface area (Å²) in [6.07, 6.45) is 2.23. The summed E-state index contributed by atoms with van der Waals surface area (Å²) in [6.45, 7) is 4.59. The highest BCUT2D eigenvalue weighted by Gasteiger charge is 2.19. The van der Waals surface area contributed by atoms with E-state index in [2.05, 4.69) is 206 Å². The van der Waals surface area contributed by atoms with Crippen molar-refractivity contribution < 1.29 is 0 Å². The fourth-order valence-corrected chi connectivity index (χ4v) is 9.35. The molecule has 1 unspecified atom stereocenters. The number of aromatic nitrogens is 2. The van der Waals surface area contributed by atoms with E-state index in [-0.39, 0.29) is 0 Å². The quantitative estimate of drug-likeness (QED) is 0.117. The second-order valence-corrected chi connectivity index (χ2v) is 16.0. The minimum Gasteiger partial charge on any atom is -0.292 e. The number of rotatable bonds is 7. The van der Waals surface area contributed by atoms with Gasteiger partial charge in [0.05, 0.1) is 11.0 Å². The van der Waals surface area contributed by atoms with Gasteiger partial charge in [-0.1, -0.05) is 178 Å². The number of fused-ring (bicyclic) bond motifs is 8. The van der Waals surface area contributed by atoms with Gasteiger partial charge in [-0.2, -0.15) is 0 Å². The van der Waals surface area contributed by atoms with E-state index >= 15 is 0 Å². The normalized spacial score (nSPS) is 12.4. The van der Waals surface area contributed by atoms with E-state index in [1.54, 1.807) is 0 Å². The predicted octanol–water partition coefficient (Wildman–Crippen LogP) is 15.4. The Morgan fingerprint density at radius 3 is 1.67 bits per heavy atom. The SMILES string of the molecule is CCC(C)Cc1ccc2c(c1)nc(-c1ccc(-c3c4ccccc4c(-c4ccc5ccc6ccc7ccccc7c6c5c4)c4ccccc34)cc1)n2-c1ccccc1. The molecule has 0 aliphatic rings. The molecule has 0 radical (unpaired) electrons. The summed E-state index contributed by atoms with van der Waals surface area (Å²) < 4.78 is 2.31. The maximum absolute atomic E-state index is 5.32. The van der Waals surface area contributed by atoms with Crippen LogP contribution in [0.4, 0.5) is 0 Å². The second-order valence-electron chi connectivity index (χ2n) is 16.0. The predicted molar refractivity (Wildman–Crippen MR) is 248 cm³/mol. The van der Waals surface area contributed by atoms with Gasteiger partial charge in [0, 0.05) is 11.3 Å². The van der Waals surface area contributed by atoms with Gasteiger partial charge in [0.1, 0.15) is 5.82 Å². The Morgan fingerprint density at radius 1 is 0.466 bits per heavy atom. The number of nitrogens with zero attached hydrogens (tertiary/aromatic N) is 2. The number of hydrogen-bond acceptors (Lipinski definition) is 1. The lowest BCUT2D eigenvalue weighted by atomic mass is 9.85. The average Bonchev–Trinajstić information content (AvgIpc) is 3.67. The first kappa shape index (κ1) is 34.2. The Hall–Kier alpha value is -7.03. The average molecular weight is 743 g/mol. The largest absolute Gasteiger partial charge is 0.292 e. The first-order valence-electron chi connectivity index (χ1n) is 20.6. The highest BCUT2D eigenvalue weighted by molar-refractivity contribution is 6.24. The standard InChI is InChI=1S/C56H42N2/c1-3-36(2)33-37-21-32-52-51(34-37)57-56(58(52)44-14-5-4-6-15-44)42-29-27-41(28-30-42)54-46-17-9-11-19-48(46)55(49-20-12-10-18-47(49)54)43-31-24-39-23-26-40-25-22-38-13-7-8-16-45(38)53(40)50(39)35-43/h4-32,34-36H,3,33H2,1-2H3. The van der Waals surface area contributed by atoms with E-state index in [9.17, 15) is 0 Å². The third kappa shape index (κ3) is 5.59. The van der Waals surface area contributed by atoms with Crippen LogP contribution in [0.1, 0.15) is 25.8 Å². The molecule has 0 aliphatic carbocycles. The molecule has 10 aromatic carbocycles. The molecule has 2 nitrogen and oxygen atoms in total. The Labute approximate surface area is 338 Å². The lowest BCUT2D eigenvalue weighted by Crippen LogP contribution is -1.98. The summed E-state index contributed by atoms with van der Waals surface area (Å²) in [5, 5.41) is 12.7. The van der Waals surface area contributed by atoms with Gasteiger partial charge in [-0.3, -0.25) is 4.57 Å². The molecular weight excluding hydrogens is 701 g/mol. The molecule has 0 N–H and O–H groups in total. The molecule has 0 saturated heterocycles. The zero-order chi connectivity index (χ0) is 38.7. The van der Waals surface area contributed by atoms with E-state index in [0.29, 0.717) is 5.92 Å². The Bertz CT molecular complexity index is 3290. The van der Waals surface area contributed by atoms with Crippen molar-refractivity contribution in [2.75, 3.05) is 0 Å². The summed E-state index contributed by atoms with van der Waals surface area (Å²) in [6, 6.07) is 69.3. The zero-order valence-electron chi connectivity index (χ0n) is 32.8. The van der Waals surface area contributed by atoms with Gasteiger partial charge in [-0.05, 0) is 124 Å². The molecule has 1 aromatic heterocycles.